The van der Waals surface area contributed by atoms with Gasteiger partial charge in [-0.25, -0.2) is 4.98 Å². The molecule has 0 unspecified atom stereocenters. The highest BCUT2D eigenvalue weighted by Crippen LogP contribution is 2.56. The fraction of sp³-hybridized carbons (Fsp3) is 0.0196. The molecule has 0 amide bonds. The molecule has 2 heterocycles. The number of para-hydroxylation sites is 1. The van der Waals surface area contributed by atoms with Gasteiger partial charge in [0.15, 0.2) is 0 Å². The summed E-state index contributed by atoms with van der Waals surface area (Å²) in [7, 11) is 0. The molecule has 2 nitrogen and oxygen atoms in total. The molecule has 0 bridgehead atoms. The molecule has 11 rings (SSSR count). The topological polar surface area (TPSA) is 25.8 Å². The standard InChI is InChI=1S/C51H32N2/c1-3-13-39(14-4-1)51(40-15-5-2-6-16-40)45-19-9-7-17-41(45)42-27-26-37(32-46(42)51)35-21-22-36-31-38(24-23-34(36)30-35)48-43-18-8-10-20-47(43)53-50-44(48)28-25-33-12-11-29-52-49(33)50/h1-32H. The molecule has 0 spiro atoms. The van der Waals surface area contributed by atoms with E-state index >= 15 is 0 Å². The number of nitrogens with zero attached hydrogens (tertiary/aromatic N) is 2. The lowest BCUT2D eigenvalue weighted by atomic mass is 9.67. The quantitative estimate of drug-likeness (QED) is 0.137. The molecular formula is C51H32N2. The molecule has 8 aromatic carbocycles. The first-order chi connectivity index (χ1) is 26.3. The Morgan fingerprint density at radius 1 is 0.377 bits per heavy atom. The predicted octanol–water partition coefficient (Wildman–Crippen LogP) is 12.8. The molecule has 1 aliphatic rings. The highest BCUT2D eigenvalue weighted by atomic mass is 14.7. The van der Waals surface area contributed by atoms with Crippen molar-refractivity contribution >= 4 is 43.5 Å². The molecule has 0 radical (unpaired) electrons. The van der Waals surface area contributed by atoms with Crippen LogP contribution in [0.4, 0.5) is 0 Å². The zero-order chi connectivity index (χ0) is 34.9. The summed E-state index contributed by atoms with van der Waals surface area (Å²) in [4.78, 5) is 9.88. The Balaban J connectivity index is 1.08. The lowest BCUT2D eigenvalue weighted by Crippen LogP contribution is -2.28. The molecule has 2 aromatic heterocycles. The predicted molar refractivity (Wildman–Crippen MR) is 220 cm³/mol. The Morgan fingerprint density at radius 2 is 1.00 bits per heavy atom. The molecular weight excluding hydrogens is 641 g/mol. The van der Waals surface area contributed by atoms with E-state index in [2.05, 4.69) is 182 Å². The van der Waals surface area contributed by atoms with Gasteiger partial charge in [-0.05, 0) is 91.2 Å². The smallest absolute Gasteiger partial charge is 0.0978 e. The van der Waals surface area contributed by atoms with Gasteiger partial charge in [0.2, 0.25) is 0 Å². The van der Waals surface area contributed by atoms with E-state index in [1.165, 1.54) is 66.4 Å². The minimum absolute atomic E-state index is 0.423. The third-order valence-electron chi connectivity index (χ3n) is 11.3. The van der Waals surface area contributed by atoms with E-state index in [9.17, 15) is 0 Å². The first-order valence-corrected chi connectivity index (χ1v) is 18.2. The maximum atomic E-state index is 5.12. The normalized spacial score (nSPS) is 13.1. The van der Waals surface area contributed by atoms with E-state index in [1.54, 1.807) is 0 Å². The molecule has 0 atom stereocenters. The van der Waals surface area contributed by atoms with E-state index in [4.69, 9.17) is 9.97 Å². The maximum absolute atomic E-state index is 5.12. The summed E-state index contributed by atoms with van der Waals surface area (Å²) in [5.74, 6) is 0. The second-order valence-electron chi connectivity index (χ2n) is 14.1. The number of pyridine rings is 2. The van der Waals surface area contributed by atoms with Gasteiger partial charge in [0.25, 0.3) is 0 Å². The lowest BCUT2D eigenvalue weighted by Gasteiger charge is -2.34. The highest BCUT2D eigenvalue weighted by Gasteiger charge is 2.46. The van der Waals surface area contributed by atoms with E-state index < -0.39 is 5.41 Å². The van der Waals surface area contributed by atoms with Crippen LogP contribution in [0.15, 0.2) is 194 Å². The Bertz CT molecular complexity index is 3020. The van der Waals surface area contributed by atoms with E-state index in [0.717, 1.165) is 32.7 Å². The van der Waals surface area contributed by atoms with Crippen LogP contribution in [0.25, 0.3) is 76.9 Å². The largest absolute Gasteiger partial charge is 0.254 e. The minimum Gasteiger partial charge on any atom is -0.254 e. The van der Waals surface area contributed by atoms with Gasteiger partial charge in [-0.1, -0.05) is 158 Å². The van der Waals surface area contributed by atoms with Gasteiger partial charge in [-0.15, -0.1) is 0 Å². The number of hydrogen-bond donors (Lipinski definition) is 0. The summed E-state index contributed by atoms with van der Waals surface area (Å²) in [6.07, 6.45) is 1.86. The van der Waals surface area contributed by atoms with Crippen LogP contribution in [0.2, 0.25) is 0 Å². The van der Waals surface area contributed by atoms with Gasteiger partial charge < -0.3 is 0 Å². The van der Waals surface area contributed by atoms with Crippen molar-refractivity contribution in [1.29, 1.82) is 0 Å². The van der Waals surface area contributed by atoms with Gasteiger partial charge >= 0.3 is 0 Å². The van der Waals surface area contributed by atoms with Gasteiger partial charge in [0, 0.05) is 27.9 Å². The van der Waals surface area contributed by atoms with Crippen molar-refractivity contribution in [2.75, 3.05) is 0 Å². The van der Waals surface area contributed by atoms with Crippen LogP contribution in [-0.2, 0) is 5.41 Å². The first kappa shape index (κ1) is 29.8. The number of aromatic nitrogens is 2. The number of rotatable bonds is 4. The second kappa shape index (κ2) is 11.6. The summed E-state index contributed by atoms with van der Waals surface area (Å²) < 4.78 is 0. The zero-order valence-corrected chi connectivity index (χ0v) is 28.9. The van der Waals surface area contributed by atoms with Gasteiger partial charge in [0.05, 0.1) is 22.0 Å². The molecule has 0 N–H and O–H groups in total. The van der Waals surface area contributed by atoms with Gasteiger partial charge in [0.1, 0.15) is 0 Å². The summed E-state index contributed by atoms with van der Waals surface area (Å²) >= 11 is 0. The molecule has 0 saturated carbocycles. The number of benzene rings is 8. The van der Waals surface area contributed by atoms with E-state index in [0.29, 0.717) is 0 Å². The zero-order valence-electron chi connectivity index (χ0n) is 28.9. The third-order valence-corrected chi connectivity index (χ3v) is 11.3. The maximum Gasteiger partial charge on any atom is 0.0978 e. The molecule has 0 aliphatic heterocycles. The number of fused-ring (bicyclic) bond motifs is 8. The molecule has 246 valence electrons. The van der Waals surface area contributed by atoms with Crippen molar-refractivity contribution in [1.82, 2.24) is 9.97 Å². The Hall–Kier alpha value is -6.90. The number of hydrogen-bond acceptors (Lipinski definition) is 2. The SMILES string of the molecule is c1ccc(C2(c3ccccc3)c3ccccc3-c3ccc(-c4ccc5cc(-c6c7ccccc7nc7c6ccc6cccnc67)ccc5c4)cc32)cc1. The minimum atomic E-state index is -0.423. The van der Waals surface area contributed by atoms with Crippen molar-refractivity contribution in [2.45, 2.75) is 5.41 Å². The van der Waals surface area contributed by atoms with Crippen LogP contribution in [0, 0.1) is 0 Å². The van der Waals surface area contributed by atoms with Crippen molar-refractivity contribution in [2.24, 2.45) is 0 Å². The highest BCUT2D eigenvalue weighted by molar-refractivity contribution is 6.16. The summed E-state index contributed by atoms with van der Waals surface area (Å²) in [5.41, 5.74) is 15.0. The second-order valence-corrected chi connectivity index (χ2v) is 14.1. The van der Waals surface area contributed by atoms with Crippen molar-refractivity contribution in [3.8, 4) is 33.4 Å². The van der Waals surface area contributed by atoms with E-state index in [-0.39, 0.29) is 0 Å². The van der Waals surface area contributed by atoms with Gasteiger partial charge in [-0.2, -0.15) is 0 Å². The monoisotopic (exact) mass is 672 g/mol. The molecule has 53 heavy (non-hydrogen) atoms. The third kappa shape index (κ3) is 4.39. The van der Waals surface area contributed by atoms with E-state index in [1.807, 2.05) is 12.3 Å². The Labute approximate surface area is 307 Å². The molecule has 10 aromatic rings. The van der Waals surface area contributed by atoms with Crippen LogP contribution < -0.4 is 0 Å². The fourth-order valence-corrected chi connectivity index (χ4v) is 9.01. The fourth-order valence-electron chi connectivity index (χ4n) is 9.01. The van der Waals surface area contributed by atoms with Crippen molar-refractivity contribution < 1.29 is 0 Å². The van der Waals surface area contributed by atoms with Crippen LogP contribution in [-0.4, -0.2) is 9.97 Å². The molecule has 2 heteroatoms. The molecule has 0 saturated heterocycles. The van der Waals surface area contributed by atoms with Crippen LogP contribution >= 0.6 is 0 Å². The van der Waals surface area contributed by atoms with Crippen LogP contribution in [0.3, 0.4) is 0 Å². The van der Waals surface area contributed by atoms with Crippen molar-refractivity contribution in [3.63, 3.8) is 0 Å². The van der Waals surface area contributed by atoms with Crippen LogP contribution in [0.5, 0.6) is 0 Å². The average molecular weight is 673 g/mol. The Morgan fingerprint density at radius 3 is 1.81 bits per heavy atom. The van der Waals surface area contributed by atoms with Crippen LogP contribution in [0.1, 0.15) is 22.3 Å². The molecule has 1 aliphatic carbocycles. The summed E-state index contributed by atoms with van der Waals surface area (Å²) in [5, 5.41) is 5.77. The summed E-state index contributed by atoms with van der Waals surface area (Å²) in [6.45, 7) is 0. The summed E-state index contributed by atoms with van der Waals surface area (Å²) in [6, 6.07) is 68.7. The Kier molecular flexibility index (Phi) is 6.50. The lowest BCUT2D eigenvalue weighted by molar-refractivity contribution is 0.769. The van der Waals surface area contributed by atoms with Gasteiger partial charge in [-0.3, -0.25) is 4.98 Å². The first-order valence-electron chi connectivity index (χ1n) is 18.2. The average Bonchev–Trinajstić information content (AvgIpc) is 3.53. The molecule has 0 fully saturated rings. The van der Waals surface area contributed by atoms with Crippen molar-refractivity contribution in [3.05, 3.63) is 217 Å².